The Morgan fingerprint density at radius 3 is 1.67 bits per heavy atom. The Morgan fingerprint density at radius 1 is 0.905 bits per heavy atom. The van der Waals surface area contributed by atoms with Gasteiger partial charge in [-0.05, 0) is 0 Å². The van der Waals surface area contributed by atoms with Crippen LogP contribution in [0.4, 0.5) is 0 Å². The summed E-state index contributed by atoms with van der Waals surface area (Å²) in [5.74, 6) is 0. The van der Waals surface area contributed by atoms with Gasteiger partial charge in [0.15, 0.2) is 0 Å². The Labute approximate surface area is 148 Å². The number of rotatable bonds is 8. The number of unbranched alkanes of at least 4 members (excludes halogenated alkanes) is 7. The molecule has 2 heteroatoms. The predicted molar refractivity (Wildman–Crippen MR) is 92.8 cm³/mol. The van der Waals surface area contributed by atoms with Crippen LogP contribution in [-0.4, -0.2) is 6.54 Å². The summed E-state index contributed by atoms with van der Waals surface area (Å²) in [6.45, 7) is 11.6. The Hall–Kier alpha value is 0.0243. The van der Waals surface area contributed by atoms with E-state index in [1.54, 1.807) is 0 Å². The zero-order valence-electron chi connectivity index (χ0n) is 14.9. The summed E-state index contributed by atoms with van der Waals surface area (Å²) in [5, 5.41) is 0. The van der Waals surface area contributed by atoms with Crippen LogP contribution in [0.1, 0.15) is 80.5 Å². The summed E-state index contributed by atoms with van der Waals surface area (Å²) in [6.07, 6.45) is 10.7. The van der Waals surface area contributed by atoms with E-state index >= 15 is 0 Å². The molecule has 0 radical (unpaired) electrons. The molecular weight excluding hydrogens is 290 g/mol. The van der Waals surface area contributed by atoms with Gasteiger partial charge in [-0.1, -0.05) is 86.0 Å². The second kappa shape index (κ2) is 14.9. The Balaban J connectivity index is 0. The minimum Gasteiger partial charge on any atom is -0.677 e. The van der Waals surface area contributed by atoms with Gasteiger partial charge in [0.05, 0.1) is 0 Å². The molecule has 0 amide bonds. The molecule has 0 saturated heterocycles. The summed E-state index contributed by atoms with van der Waals surface area (Å²) in [5.41, 5.74) is 12.7. The van der Waals surface area contributed by atoms with E-state index in [-0.39, 0.29) is 21.7 Å². The third kappa shape index (κ3) is 11.3. The monoisotopic (exact) mass is 325 g/mol. The average molecular weight is 325 g/mol. The first kappa shape index (κ1) is 23.3. The van der Waals surface area contributed by atoms with E-state index in [9.17, 15) is 0 Å². The molecule has 0 aliphatic carbocycles. The van der Waals surface area contributed by atoms with Crippen molar-refractivity contribution in [2.24, 2.45) is 0 Å². The van der Waals surface area contributed by atoms with Crippen LogP contribution in [0, 0.1) is 27.7 Å². The predicted octanol–water partition coefficient (Wildman–Crippen LogP) is 6.82. The molecule has 1 rings (SSSR count). The van der Waals surface area contributed by atoms with Gasteiger partial charge in [-0.2, -0.15) is 34.9 Å². The van der Waals surface area contributed by atoms with E-state index in [0.717, 1.165) is 6.42 Å². The fraction of sp³-hybridized carbons (Fsp3) is 0.737. The Bertz CT molecular complexity index is 311. The second-order valence-corrected chi connectivity index (χ2v) is 5.99. The van der Waals surface area contributed by atoms with Gasteiger partial charge < -0.3 is 5.73 Å². The summed E-state index contributed by atoms with van der Waals surface area (Å²) >= 11 is 0. The van der Waals surface area contributed by atoms with Gasteiger partial charge in [0.25, 0.3) is 0 Å². The number of hydrogen-bond acceptors (Lipinski definition) is 0. The minimum absolute atomic E-state index is 0. The fourth-order valence-electron chi connectivity index (χ4n) is 2.39. The zero-order valence-corrected chi connectivity index (χ0v) is 16.5. The van der Waals surface area contributed by atoms with Gasteiger partial charge in [0.1, 0.15) is 0 Å². The quantitative estimate of drug-likeness (QED) is 0.284. The van der Waals surface area contributed by atoms with E-state index in [1.165, 1.54) is 67.2 Å². The second-order valence-electron chi connectivity index (χ2n) is 5.99. The van der Waals surface area contributed by atoms with Crippen molar-refractivity contribution in [1.29, 1.82) is 0 Å². The third-order valence-corrected chi connectivity index (χ3v) is 4.21. The molecule has 1 aromatic carbocycles. The molecule has 120 valence electrons. The Morgan fingerprint density at radius 2 is 1.38 bits per heavy atom. The van der Waals surface area contributed by atoms with E-state index in [2.05, 4.69) is 40.7 Å². The minimum atomic E-state index is 0. The largest absolute Gasteiger partial charge is 2.00 e. The van der Waals surface area contributed by atoms with Crippen molar-refractivity contribution in [3.05, 3.63) is 34.1 Å². The van der Waals surface area contributed by atoms with Gasteiger partial charge in [-0.15, -0.1) is 0 Å². The standard InChI is InChI=1S/C10H22N.C9H13.Ti/c1-2-3-4-5-6-7-8-9-10-11;1-6-5-7(2)9(4)8(6)3;/h11H,2-10H2,1H3;5H,1-4H3;/q2*-1;+2. The molecule has 1 aromatic rings. The normalized spacial score (nSPS) is 9.81. The van der Waals surface area contributed by atoms with Crippen molar-refractivity contribution in [1.82, 2.24) is 0 Å². The molecule has 0 fully saturated rings. The van der Waals surface area contributed by atoms with Crippen LogP contribution in [0.3, 0.4) is 0 Å². The molecular formula is C19H35NTi. The smallest absolute Gasteiger partial charge is 0.677 e. The van der Waals surface area contributed by atoms with E-state index in [1.807, 2.05) is 0 Å². The van der Waals surface area contributed by atoms with Crippen molar-refractivity contribution in [2.45, 2.75) is 86.0 Å². The Kier molecular flexibility index (Phi) is 16.6. The molecule has 1 N–H and O–H groups in total. The summed E-state index contributed by atoms with van der Waals surface area (Å²) in [6, 6.07) is 2.24. The van der Waals surface area contributed by atoms with Gasteiger partial charge >= 0.3 is 21.7 Å². The average Bonchev–Trinajstić information content (AvgIpc) is 2.65. The number of hydrogen-bond donors (Lipinski definition) is 0. The van der Waals surface area contributed by atoms with Crippen LogP contribution in [0.2, 0.25) is 0 Å². The van der Waals surface area contributed by atoms with E-state index in [4.69, 9.17) is 5.73 Å². The SMILES string of the molecule is CCCCCCCCCC[NH-].Cc1c[c-](C)c(C)c1C.[Ti+2]. The molecule has 0 aliphatic heterocycles. The maximum atomic E-state index is 6.95. The van der Waals surface area contributed by atoms with Crippen LogP contribution < -0.4 is 0 Å². The van der Waals surface area contributed by atoms with E-state index in [0.29, 0.717) is 6.54 Å². The molecule has 1 nitrogen and oxygen atoms in total. The number of aryl methyl sites for hydroxylation is 2. The first-order valence-electron chi connectivity index (χ1n) is 8.39. The van der Waals surface area contributed by atoms with Crippen LogP contribution in [-0.2, 0) is 21.7 Å². The van der Waals surface area contributed by atoms with Crippen LogP contribution in [0.5, 0.6) is 0 Å². The molecule has 21 heavy (non-hydrogen) atoms. The summed E-state index contributed by atoms with van der Waals surface area (Å²) in [7, 11) is 0. The third-order valence-electron chi connectivity index (χ3n) is 4.21. The topological polar surface area (TPSA) is 23.8 Å². The number of nitrogens with one attached hydrogen (secondary N) is 1. The molecule has 0 unspecified atom stereocenters. The van der Waals surface area contributed by atoms with Crippen LogP contribution in [0.25, 0.3) is 5.73 Å². The molecule has 0 atom stereocenters. The maximum Gasteiger partial charge on any atom is 2.00 e. The zero-order chi connectivity index (χ0) is 15.4. The van der Waals surface area contributed by atoms with Gasteiger partial charge in [-0.3, -0.25) is 0 Å². The molecule has 0 heterocycles. The maximum absolute atomic E-state index is 6.95. The van der Waals surface area contributed by atoms with Gasteiger partial charge in [0.2, 0.25) is 0 Å². The van der Waals surface area contributed by atoms with Gasteiger partial charge in [-0.25, -0.2) is 0 Å². The van der Waals surface area contributed by atoms with Crippen LogP contribution in [0.15, 0.2) is 6.07 Å². The molecule has 0 saturated carbocycles. The molecule has 0 aliphatic rings. The van der Waals surface area contributed by atoms with Gasteiger partial charge in [0, 0.05) is 0 Å². The summed E-state index contributed by atoms with van der Waals surface area (Å²) in [4.78, 5) is 0. The summed E-state index contributed by atoms with van der Waals surface area (Å²) < 4.78 is 0. The van der Waals surface area contributed by atoms with Crippen molar-refractivity contribution < 1.29 is 21.7 Å². The van der Waals surface area contributed by atoms with E-state index < -0.39 is 0 Å². The first-order valence-corrected chi connectivity index (χ1v) is 8.39. The molecule has 0 aromatic heterocycles. The van der Waals surface area contributed by atoms with Crippen molar-refractivity contribution in [3.8, 4) is 0 Å². The van der Waals surface area contributed by atoms with Crippen LogP contribution >= 0.6 is 0 Å². The van der Waals surface area contributed by atoms with Crippen molar-refractivity contribution in [3.63, 3.8) is 0 Å². The first-order chi connectivity index (χ1) is 9.54. The van der Waals surface area contributed by atoms with Crippen molar-refractivity contribution >= 4 is 0 Å². The molecule has 0 bridgehead atoms. The van der Waals surface area contributed by atoms with Crippen molar-refractivity contribution in [2.75, 3.05) is 6.54 Å². The fourth-order valence-corrected chi connectivity index (χ4v) is 2.39. The molecule has 0 spiro atoms.